The zero-order chi connectivity index (χ0) is 21.6. The largest absolute Gasteiger partial charge is 0.461 e. The monoisotopic (exact) mass is 426 g/mol. The van der Waals surface area contributed by atoms with Crippen molar-refractivity contribution >= 4 is 5.97 Å². The Morgan fingerprint density at radius 3 is 2.58 bits per heavy atom. The number of aliphatic hydroxyl groups excluding tert-OH is 1. The second kappa shape index (κ2) is 8.34. The number of benzene rings is 1. The lowest BCUT2D eigenvalue weighted by Crippen LogP contribution is -3.27. The molecule has 0 radical (unpaired) electrons. The van der Waals surface area contributed by atoms with Gasteiger partial charge in [0.15, 0.2) is 0 Å². The summed E-state index contributed by atoms with van der Waals surface area (Å²) in [7, 11) is 0. The third-order valence-corrected chi connectivity index (χ3v) is 9.04. The molecule has 5 rings (SSSR count). The van der Waals surface area contributed by atoms with Crippen LogP contribution in [0.25, 0.3) is 0 Å². The van der Waals surface area contributed by atoms with Crippen LogP contribution in [0.3, 0.4) is 0 Å². The number of carbonyl (C=O) groups is 1. The highest BCUT2D eigenvalue weighted by atomic mass is 16.6. The van der Waals surface area contributed by atoms with Gasteiger partial charge in [0.2, 0.25) is 0 Å². The summed E-state index contributed by atoms with van der Waals surface area (Å²) in [5, 5.41) is 11.5. The van der Waals surface area contributed by atoms with E-state index >= 15 is 0 Å². The summed E-state index contributed by atoms with van der Waals surface area (Å²) in [6, 6.07) is 10.7. The van der Waals surface area contributed by atoms with Crippen LogP contribution in [0.5, 0.6) is 0 Å². The Labute approximate surface area is 186 Å². The molecule has 2 saturated heterocycles. The van der Waals surface area contributed by atoms with Crippen molar-refractivity contribution in [2.75, 3.05) is 32.7 Å². The van der Waals surface area contributed by atoms with E-state index in [1.165, 1.54) is 16.0 Å². The van der Waals surface area contributed by atoms with E-state index in [0.717, 1.165) is 58.5 Å². The van der Waals surface area contributed by atoms with Gasteiger partial charge < -0.3 is 19.6 Å². The Balaban J connectivity index is 1.24. The number of hydrogen-bond donors (Lipinski definition) is 3. The van der Waals surface area contributed by atoms with E-state index in [1.807, 2.05) is 0 Å². The number of fused-ring (bicyclic) bond motifs is 2. The number of carbonyl (C=O) groups excluding carboxylic acids is 1. The van der Waals surface area contributed by atoms with E-state index in [2.05, 4.69) is 50.3 Å². The molecule has 1 aromatic rings. The van der Waals surface area contributed by atoms with Crippen LogP contribution < -0.4 is 9.80 Å². The number of quaternary nitrogens is 2. The number of hydrogen-bond acceptors (Lipinski definition) is 3. The molecule has 5 nitrogen and oxygen atoms in total. The molecule has 5 heteroatoms. The van der Waals surface area contributed by atoms with Crippen molar-refractivity contribution in [3.8, 4) is 0 Å². The topological polar surface area (TPSA) is 55.4 Å². The Bertz CT molecular complexity index is 832. The van der Waals surface area contributed by atoms with Gasteiger partial charge in [0.05, 0.1) is 12.6 Å². The standard InChI is InChI=1S/C26H36N2O3/c1-18-7-6-10-20-15-22-23(24(29)26(18,20)2)21(25(30)31-22)17-28-13-11-27(12-14-28)16-19-8-4-3-5-9-19/h3-5,8-10,18,21-24,29H,6-7,11-17H2,1-2H3/p+2/t18-,21-,22+,23+,24+,26+/m0/s1. The molecule has 0 bridgehead atoms. The molecule has 4 aliphatic rings. The van der Waals surface area contributed by atoms with Crippen molar-refractivity contribution < 1.29 is 24.4 Å². The number of nitrogens with one attached hydrogen (secondary N) is 2. The molecule has 3 N–H and O–H groups in total. The third kappa shape index (κ3) is 3.75. The van der Waals surface area contributed by atoms with Crippen molar-refractivity contribution in [3.63, 3.8) is 0 Å². The second-order valence-corrected chi connectivity index (χ2v) is 10.7. The van der Waals surface area contributed by atoms with Crippen molar-refractivity contribution in [2.45, 2.75) is 51.9 Å². The Kier molecular flexibility index (Phi) is 5.70. The van der Waals surface area contributed by atoms with Gasteiger partial charge in [-0.15, -0.1) is 0 Å². The minimum Gasteiger partial charge on any atom is -0.461 e. The fourth-order valence-electron chi connectivity index (χ4n) is 6.83. The molecule has 0 spiro atoms. The predicted octanol–water partition coefficient (Wildman–Crippen LogP) is 0.255. The minimum absolute atomic E-state index is 0.0580. The predicted molar refractivity (Wildman–Crippen MR) is 118 cm³/mol. The molecule has 6 atom stereocenters. The molecule has 1 aromatic carbocycles. The molecule has 2 aliphatic heterocycles. The zero-order valence-corrected chi connectivity index (χ0v) is 19.0. The maximum atomic E-state index is 12.9. The summed E-state index contributed by atoms with van der Waals surface area (Å²) < 4.78 is 5.86. The number of ether oxygens (including phenoxy) is 1. The van der Waals surface area contributed by atoms with Gasteiger partial charge in [0.1, 0.15) is 44.7 Å². The van der Waals surface area contributed by atoms with Gasteiger partial charge in [-0.25, -0.2) is 0 Å². The quantitative estimate of drug-likeness (QED) is 0.478. The van der Waals surface area contributed by atoms with Crippen LogP contribution >= 0.6 is 0 Å². The normalized spacial score (nSPS) is 42.4. The van der Waals surface area contributed by atoms with Gasteiger partial charge in [-0.2, -0.15) is 0 Å². The number of aliphatic hydroxyl groups is 1. The molecular weight excluding hydrogens is 388 g/mol. The first kappa shape index (κ1) is 21.2. The molecule has 2 aliphatic carbocycles. The highest BCUT2D eigenvalue weighted by Crippen LogP contribution is 2.55. The van der Waals surface area contributed by atoms with E-state index in [0.29, 0.717) is 5.92 Å². The summed E-state index contributed by atoms with van der Waals surface area (Å²) >= 11 is 0. The molecule has 3 fully saturated rings. The van der Waals surface area contributed by atoms with Gasteiger partial charge in [-0.1, -0.05) is 55.8 Å². The lowest BCUT2D eigenvalue weighted by atomic mass is 9.55. The zero-order valence-electron chi connectivity index (χ0n) is 19.0. The number of rotatable bonds is 4. The fourth-order valence-corrected chi connectivity index (χ4v) is 6.83. The molecule has 0 unspecified atom stereocenters. The molecule has 31 heavy (non-hydrogen) atoms. The van der Waals surface area contributed by atoms with Crippen LogP contribution in [0.1, 0.15) is 38.7 Å². The average molecular weight is 427 g/mol. The number of piperazine rings is 1. The van der Waals surface area contributed by atoms with Crippen LogP contribution in [0.15, 0.2) is 42.0 Å². The molecule has 0 aromatic heterocycles. The fraction of sp³-hybridized carbons (Fsp3) is 0.654. The number of esters is 1. The summed E-state index contributed by atoms with van der Waals surface area (Å²) in [6.07, 6.45) is 4.68. The van der Waals surface area contributed by atoms with Crippen molar-refractivity contribution in [3.05, 3.63) is 47.5 Å². The first-order valence-corrected chi connectivity index (χ1v) is 12.3. The van der Waals surface area contributed by atoms with Crippen LogP contribution in [0, 0.1) is 23.2 Å². The van der Waals surface area contributed by atoms with Gasteiger partial charge in [0, 0.05) is 23.3 Å². The van der Waals surface area contributed by atoms with E-state index in [9.17, 15) is 9.90 Å². The summed E-state index contributed by atoms with van der Waals surface area (Å²) in [4.78, 5) is 16.0. The smallest absolute Gasteiger partial charge is 0.315 e. The van der Waals surface area contributed by atoms with Gasteiger partial charge in [-0.3, -0.25) is 4.79 Å². The van der Waals surface area contributed by atoms with Gasteiger partial charge in [-0.05, 0) is 18.8 Å². The second-order valence-electron chi connectivity index (χ2n) is 10.7. The number of allylic oxidation sites excluding steroid dienone is 1. The summed E-state index contributed by atoms with van der Waals surface area (Å²) in [5.41, 5.74) is 2.51. The molecule has 0 amide bonds. The molecule has 168 valence electrons. The highest BCUT2D eigenvalue weighted by molar-refractivity contribution is 5.76. The van der Waals surface area contributed by atoms with E-state index < -0.39 is 6.10 Å². The molecule has 1 saturated carbocycles. The average Bonchev–Trinajstić information content (AvgIpc) is 3.07. The van der Waals surface area contributed by atoms with Crippen LogP contribution in [-0.2, 0) is 16.1 Å². The van der Waals surface area contributed by atoms with Crippen molar-refractivity contribution in [2.24, 2.45) is 23.2 Å². The first-order chi connectivity index (χ1) is 15.0. The molecular formula is C26H38N2O3+2. The van der Waals surface area contributed by atoms with Gasteiger partial charge in [0.25, 0.3) is 0 Å². The van der Waals surface area contributed by atoms with Gasteiger partial charge >= 0.3 is 5.97 Å². The summed E-state index contributed by atoms with van der Waals surface area (Å²) in [6.45, 7) is 10.8. The van der Waals surface area contributed by atoms with E-state index in [1.54, 1.807) is 4.90 Å². The van der Waals surface area contributed by atoms with Crippen LogP contribution in [0.2, 0.25) is 0 Å². The lowest BCUT2D eigenvalue weighted by molar-refractivity contribution is -1.02. The van der Waals surface area contributed by atoms with Crippen LogP contribution in [-0.4, -0.2) is 56.0 Å². The van der Waals surface area contributed by atoms with Crippen LogP contribution in [0.4, 0.5) is 0 Å². The van der Waals surface area contributed by atoms with E-state index in [4.69, 9.17) is 4.74 Å². The SMILES string of the molecule is C[C@H]1CCC=C2C[C@H]3OC(=O)[C@@H](C[NH+]4CC[NH+](Cc5ccccc5)CC4)[C@H]3[C@@H](O)[C@@]21C. The maximum Gasteiger partial charge on any atom is 0.315 e. The Morgan fingerprint density at radius 2 is 1.84 bits per heavy atom. The van der Waals surface area contributed by atoms with Crippen molar-refractivity contribution in [1.82, 2.24) is 0 Å². The third-order valence-electron chi connectivity index (χ3n) is 9.04. The Hall–Kier alpha value is -1.69. The minimum atomic E-state index is -0.492. The molecule has 2 heterocycles. The summed E-state index contributed by atoms with van der Waals surface area (Å²) in [5.74, 6) is 0.143. The maximum absolute atomic E-state index is 12.9. The van der Waals surface area contributed by atoms with Crippen molar-refractivity contribution in [1.29, 1.82) is 0 Å². The first-order valence-electron chi connectivity index (χ1n) is 12.3. The highest BCUT2D eigenvalue weighted by Gasteiger charge is 2.60. The lowest BCUT2D eigenvalue weighted by Gasteiger charge is -2.51. The van der Waals surface area contributed by atoms with E-state index in [-0.39, 0.29) is 29.3 Å². The Morgan fingerprint density at radius 1 is 1.13 bits per heavy atom.